The molecule has 0 bridgehead atoms. The molecule has 0 unspecified atom stereocenters. The van der Waals surface area contributed by atoms with Crippen molar-refractivity contribution in [1.29, 1.82) is 0 Å². The van der Waals surface area contributed by atoms with Gasteiger partial charge in [0.15, 0.2) is 0 Å². The number of rotatable bonds is 5. The van der Waals surface area contributed by atoms with Gasteiger partial charge >= 0.3 is 11.7 Å². The number of nitro groups is 1. The van der Waals surface area contributed by atoms with Crippen LogP contribution in [-0.2, 0) is 4.79 Å². The zero-order chi connectivity index (χ0) is 15.5. The van der Waals surface area contributed by atoms with Gasteiger partial charge in [0, 0.05) is 7.05 Å². The lowest BCUT2D eigenvalue weighted by molar-refractivity contribution is -0.385. The molecular weight excluding hydrogens is 276 g/mol. The van der Waals surface area contributed by atoms with Crippen molar-refractivity contribution in [2.24, 2.45) is 0 Å². The van der Waals surface area contributed by atoms with Crippen LogP contribution in [0.15, 0.2) is 12.4 Å². The van der Waals surface area contributed by atoms with E-state index in [9.17, 15) is 20.0 Å². The fourth-order valence-electron chi connectivity index (χ4n) is 2.92. The molecule has 114 valence electrons. The van der Waals surface area contributed by atoms with E-state index in [0.29, 0.717) is 5.95 Å². The summed E-state index contributed by atoms with van der Waals surface area (Å²) in [4.78, 5) is 31.0. The molecule has 0 saturated heterocycles. The molecule has 8 nitrogen and oxygen atoms in total. The summed E-state index contributed by atoms with van der Waals surface area (Å²) < 4.78 is 0. The molecule has 0 aliphatic heterocycles. The molecule has 1 fully saturated rings. The number of carbonyl (C=O) groups is 1. The van der Waals surface area contributed by atoms with E-state index in [0.717, 1.165) is 44.5 Å². The molecule has 0 amide bonds. The van der Waals surface area contributed by atoms with E-state index < -0.39 is 16.4 Å². The van der Waals surface area contributed by atoms with Crippen LogP contribution in [0.2, 0.25) is 0 Å². The van der Waals surface area contributed by atoms with E-state index in [2.05, 4.69) is 9.97 Å². The summed E-state index contributed by atoms with van der Waals surface area (Å²) in [7, 11) is 1.76. The molecule has 0 atom stereocenters. The molecule has 0 aromatic carbocycles. The number of aromatic nitrogens is 2. The maximum atomic E-state index is 11.2. The number of aliphatic carboxylic acids is 1. The van der Waals surface area contributed by atoms with Crippen LogP contribution in [0, 0.1) is 10.1 Å². The lowest BCUT2D eigenvalue weighted by Crippen LogP contribution is -2.50. The van der Waals surface area contributed by atoms with Crippen molar-refractivity contribution in [3.8, 4) is 0 Å². The smallest absolute Gasteiger partial charge is 0.305 e. The van der Waals surface area contributed by atoms with E-state index in [-0.39, 0.29) is 12.1 Å². The highest BCUT2D eigenvalue weighted by Gasteiger charge is 2.39. The molecule has 21 heavy (non-hydrogen) atoms. The Kier molecular flexibility index (Phi) is 4.35. The van der Waals surface area contributed by atoms with Gasteiger partial charge in [0.25, 0.3) is 0 Å². The second kappa shape index (κ2) is 6.02. The quantitative estimate of drug-likeness (QED) is 0.653. The van der Waals surface area contributed by atoms with Gasteiger partial charge in [0.1, 0.15) is 12.4 Å². The third kappa shape index (κ3) is 3.26. The Hall–Kier alpha value is -2.25. The third-order valence-corrected chi connectivity index (χ3v) is 4.11. The Morgan fingerprint density at radius 3 is 2.43 bits per heavy atom. The van der Waals surface area contributed by atoms with Crippen LogP contribution >= 0.6 is 0 Å². The summed E-state index contributed by atoms with van der Waals surface area (Å²) in [5, 5.41) is 19.8. The molecule has 2 rings (SSSR count). The molecule has 0 radical (unpaired) electrons. The second-order valence-electron chi connectivity index (χ2n) is 5.41. The van der Waals surface area contributed by atoms with Crippen molar-refractivity contribution in [3.63, 3.8) is 0 Å². The fourth-order valence-corrected chi connectivity index (χ4v) is 2.92. The van der Waals surface area contributed by atoms with E-state index in [1.165, 1.54) is 0 Å². The minimum atomic E-state index is -0.856. The highest BCUT2D eigenvalue weighted by molar-refractivity contribution is 5.69. The van der Waals surface area contributed by atoms with Crippen molar-refractivity contribution in [2.75, 3.05) is 11.9 Å². The van der Waals surface area contributed by atoms with Gasteiger partial charge in [-0.2, -0.15) is 0 Å². The normalized spacial score (nSPS) is 17.2. The van der Waals surface area contributed by atoms with Crippen LogP contribution in [0.4, 0.5) is 11.6 Å². The van der Waals surface area contributed by atoms with Crippen molar-refractivity contribution in [3.05, 3.63) is 22.5 Å². The lowest BCUT2D eigenvalue weighted by Gasteiger charge is -2.43. The minimum Gasteiger partial charge on any atom is -0.481 e. The topological polar surface area (TPSA) is 109 Å². The number of carboxylic acids is 1. The van der Waals surface area contributed by atoms with Crippen LogP contribution in [-0.4, -0.2) is 38.6 Å². The van der Waals surface area contributed by atoms with Crippen LogP contribution < -0.4 is 4.90 Å². The predicted molar refractivity (Wildman–Crippen MR) is 75.2 cm³/mol. The first kappa shape index (κ1) is 15.1. The average Bonchev–Trinajstić information content (AvgIpc) is 2.47. The van der Waals surface area contributed by atoms with Gasteiger partial charge in [-0.1, -0.05) is 19.3 Å². The van der Waals surface area contributed by atoms with Crippen molar-refractivity contribution in [2.45, 2.75) is 44.1 Å². The summed E-state index contributed by atoms with van der Waals surface area (Å²) in [6.07, 6.45) is 6.86. The maximum Gasteiger partial charge on any atom is 0.305 e. The molecule has 1 aromatic heterocycles. The summed E-state index contributed by atoms with van der Waals surface area (Å²) >= 11 is 0. The summed E-state index contributed by atoms with van der Waals surface area (Å²) in [5.41, 5.74) is -0.691. The molecule has 1 aromatic rings. The van der Waals surface area contributed by atoms with Crippen molar-refractivity contribution >= 4 is 17.6 Å². The standard InChI is InChI=1S/C13H18N4O4/c1-16(12-14-8-10(9-15-12)17(20)21)13(7-11(18)19)5-3-2-4-6-13/h8-9H,2-7H2,1H3,(H,18,19). The van der Waals surface area contributed by atoms with Gasteiger partial charge in [-0.3, -0.25) is 14.9 Å². The maximum absolute atomic E-state index is 11.2. The van der Waals surface area contributed by atoms with Crippen LogP contribution in [0.1, 0.15) is 38.5 Å². The van der Waals surface area contributed by atoms with E-state index in [1.807, 2.05) is 0 Å². The molecule has 0 spiro atoms. The molecule has 1 saturated carbocycles. The highest BCUT2D eigenvalue weighted by Crippen LogP contribution is 2.37. The highest BCUT2D eigenvalue weighted by atomic mass is 16.6. The van der Waals surface area contributed by atoms with Crippen LogP contribution in [0.3, 0.4) is 0 Å². The molecule has 1 aliphatic rings. The monoisotopic (exact) mass is 294 g/mol. The summed E-state index contributed by atoms with van der Waals surface area (Å²) in [5.74, 6) is -0.533. The summed E-state index contributed by atoms with van der Waals surface area (Å²) in [6.45, 7) is 0. The molecular formula is C13H18N4O4. The number of carboxylic acid groups (broad SMARTS) is 1. The van der Waals surface area contributed by atoms with Gasteiger partial charge in [-0.05, 0) is 12.8 Å². The Labute approximate surface area is 122 Å². The third-order valence-electron chi connectivity index (χ3n) is 4.11. The summed E-state index contributed by atoms with van der Waals surface area (Å²) in [6, 6.07) is 0. The number of nitrogens with zero attached hydrogens (tertiary/aromatic N) is 4. The zero-order valence-electron chi connectivity index (χ0n) is 11.9. The Balaban J connectivity index is 2.26. The van der Waals surface area contributed by atoms with Crippen LogP contribution in [0.25, 0.3) is 0 Å². The fraction of sp³-hybridized carbons (Fsp3) is 0.615. The van der Waals surface area contributed by atoms with Crippen LogP contribution in [0.5, 0.6) is 0 Å². The van der Waals surface area contributed by atoms with Gasteiger partial charge in [-0.25, -0.2) is 9.97 Å². The molecule has 1 aliphatic carbocycles. The number of hydrogen-bond acceptors (Lipinski definition) is 6. The average molecular weight is 294 g/mol. The first-order chi connectivity index (χ1) is 9.94. The minimum absolute atomic E-state index is 0.0177. The Morgan fingerprint density at radius 2 is 1.95 bits per heavy atom. The molecule has 1 heterocycles. The van der Waals surface area contributed by atoms with Gasteiger partial charge in [0.2, 0.25) is 5.95 Å². The van der Waals surface area contributed by atoms with Gasteiger partial charge in [-0.15, -0.1) is 0 Å². The Morgan fingerprint density at radius 1 is 1.38 bits per heavy atom. The lowest BCUT2D eigenvalue weighted by atomic mass is 9.78. The van der Waals surface area contributed by atoms with Crippen molar-refractivity contribution in [1.82, 2.24) is 9.97 Å². The van der Waals surface area contributed by atoms with E-state index in [4.69, 9.17) is 0 Å². The Bertz CT molecular complexity index is 525. The number of anilines is 1. The van der Waals surface area contributed by atoms with Crippen molar-refractivity contribution < 1.29 is 14.8 Å². The van der Waals surface area contributed by atoms with E-state index >= 15 is 0 Å². The largest absolute Gasteiger partial charge is 0.481 e. The first-order valence-electron chi connectivity index (χ1n) is 6.87. The van der Waals surface area contributed by atoms with Gasteiger partial charge in [0.05, 0.1) is 16.9 Å². The SMILES string of the molecule is CN(c1ncc([N+](=O)[O-])cn1)C1(CC(=O)O)CCCCC1. The zero-order valence-corrected chi connectivity index (χ0v) is 11.9. The molecule has 8 heteroatoms. The van der Waals surface area contributed by atoms with Gasteiger partial charge < -0.3 is 10.0 Å². The number of hydrogen-bond donors (Lipinski definition) is 1. The first-order valence-corrected chi connectivity index (χ1v) is 6.87. The second-order valence-corrected chi connectivity index (χ2v) is 5.41. The van der Waals surface area contributed by atoms with E-state index in [1.54, 1.807) is 11.9 Å². The molecule has 1 N–H and O–H groups in total. The predicted octanol–water partition coefficient (Wildman–Crippen LogP) is 2.00.